The first-order chi connectivity index (χ1) is 10.1. The molecule has 3 N–H and O–H groups in total. The molecule has 1 aromatic heterocycles. The summed E-state index contributed by atoms with van der Waals surface area (Å²) in [6, 6.07) is 7.63. The standard InChI is InChI=1S/C16H18N4O/c1-12(19-16(21)15-10-20(2)11-18-15)14-7-5-13(6-8-14)4-3-9-17/h5-8,10-12H,9,17H2,1-2H3,(H,19,21). The third kappa shape index (κ3) is 3.94. The van der Waals surface area contributed by atoms with E-state index in [0.29, 0.717) is 12.2 Å². The molecule has 0 saturated carbocycles. The second-order valence-corrected chi connectivity index (χ2v) is 4.75. The van der Waals surface area contributed by atoms with E-state index in [1.807, 2.05) is 38.2 Å². The van der Waals surface area contributed by atoms with Crippen molar-refractivity contribution in [1.82, 2.24) is 14.9 Å². The molecular weight excluding hydrogens is 264 g/mol. The van der Waals surface area contributed by atoms with Crippen molar-refractivity contribution < 1.29 is 4.79 Å². The molecule has 5 nitrogen and oxygen atoms in total. The van der Waals surface area contributed by atoms with Gasteiger partial charge >= 0.3 is 0 Å². The summed E-state index contributed by atoms with van der Waals surface area (Å²) in [7, 11) is 1.83. The van der Waals surface area contributed by atoms with E-state index in [9.17, 15) is 4.79 Å². The van der Waals surface area contributed by atoms with E-state index in [4.69, 9.17) is 5.73 Å². The van der Waals surface area contributed by atoms with Crippen LogP contribution in [0, 0.1) is 11.8 Å². The van der Waals surface area contributed by atoms with Crippen LogP contribution in [-0.2, 0) is 7.05 Å². The number of benzene rings is 1. The van der Waals surface area contributed by atoms with Gasteiger partial charge in [0.15, 0.2) is 0 Å². The molecule has 108 valence electrons. The van der Waals surface area contributed by atoms with Crippen LogP contribution in [-0.4, -0.2) is 22.0 Å². The summed E-state index contributed by atoms with van der Waals surface area (Å²) in [4.78, 5) is 16.1. The highest BCUT2D eigenvalue weighted by Crippen LogP contribution is 2.13. The molecule has 0 spiro atoms. The van der Waals surface area contributed by atoms with Crippen molar-refractivity contribution in [1.29, 1.82) is 0 Å². The molecule has 0 fully saturated rings. The molecule has 0 aliphatic rings. The fourth-order valence-corrected chi connectivity index (χ4v) is 1.89. The molecule has 21 heavy (non-hydrogen) atoms. The van der Waals surface area contributed by atoms with Crippen LogP contribution >= 0.6 is 0 Å². The average molecular weight is 282 g/mol. The van der Waals surface area contributed by atoms with Crippen LogP contribution in [0.25, 0.3) is 0 Å². The molecule has 0 radical (unpaired) electrons. The minimum atomic E-state index is -0.185. The zero-order valence-corrected chi connectivity index (χ0v) is 12.1. The number of carbonyl (C=O) groups excluding carboxylic acids is 1. The van der Waals surface area contributed by atoms with Gasteiger partial charge in [-0.3, -0.25) is 4.79 Å². The number of hydrogen-bond donors (Lipinski definition) is 2. The summed E-state index contributed by atoms with van der Waals surface area (Å²) >= 11 is 0. The number of amides is 1. The van der Waals surface area contributed by atoms with Crippen molar-refractivity contribution in [2.24, 2.45) is 12.8 Å². The van der Waals surface area contributed by atoms with Crippen molar-refractivity contribution in [2.45, 2.75) is 13.0 Å². The van der Waals surface area contributed by atoms with E-state index in [0.717, 1.165) is 11.1 Å². The minimum Gasteiger partial charge on any atom is -0.344 e. The van der Waals surface area contributed by atoms with Crippen molar-refractivity contribution in [3.05, 3.63) is 53.6 Å². The van der Waals surface area contributed by atoms with Gasteiger partial charge in [0.1, 0.15) is 5.69 Å². The molecule has 1 aromatic carbocycles. The van der Waals surface area contributed by atoms with Crippen LogP contribution in [0.4, 0.5) is 0 Å². The van der Waals surface area contributed by atoms with Gasteiger partial charge in [-0.25, -0.2) is 4.98 Å². The fraction of sp³-hybridized carbons (Fsp3) is 0.250. The Balaban J connectivity index is 2.03. The third-order valence-corrected chi connectivity index (χ3v) is 3.03. The molecule has 1 heterocycles. The van der Waals surface area contributed by atoms with Gasteiger partial charge in [-0.05, 0) is 24.6 Å². The number of aryl methyl sites for hydroxylation is 1. The number of nitrogens with two attached hydrogens (primary N) is 1. The normalized spacial score (nSPS) is 11.4. The van der Waals surface area contributed by atoms with Gasteiger partial charge in [0.25, 0.3) is 5.91 Å². The maximum absolute atomic E-state index is 12.0. The van der Waals surface area contributed by atoms with E-state index in [1.165, 1.54) is 0 Å². The Hall–Kier alpha value is -2.58. The number of nitrogens with zero attached hydrogens (tertiary/aromatic N) is 2. The number of carbonyl (C=O) groups is 1. The Bertz CT molecular complexity index is 676. The van der Waals surface area contributed by atoms with Crippen molar-refractivity contribution >= 4 is 5.91 Å². The van der Waals surface area contributed by atoms with Crippen LogP contribution < -0.4 is 11.1 Å². The van der Waals surface area contributed by atoms with Gasteiger partial charge in [0, 0.05) is 18.8 Å². The smallest absolute Gasteiger partial charge is 0.271 e. The number of aromatic nitrogens is 2. The highest BCUT2D eigenvalue weighted by atomic mass is 16.1. The van der Waals surface area contributed by atoms with Crippen LogP contribution in [0.2, 0.25) is 0 Å². The lowest BCUT2D eigenvalue weighted by Gasteiger charge is -2.13. The van der Waals surface area contributed by atoms with Crippen LogP contribution in [0.15, 0.2) is 36.8 Å². The molecule has 0 bridgehead atoms. The lowest BCUT2D eigenvalue weighted by Crippen LogP contribution is -2.26. The minimum absolute atomic E-state index is 0.101. The van der Waals surface area contributed by atoms with E-state index in [1.54, 1.807) is 17.1 Å². The number of nitrogens with one attached hydrogen (secondary N) is 1. The predicted octanol–water partition coefficient (Wildman–Crippen LogP) is 1.22. The Morgan fingerprint density at radius 1 is 1.43 bits per heavy atom. The van der Waals surface area contributed by atoms with Crippen LogP contribution in [0.1, 0.15) is 34.6 Å². The lowest BCUT2D eigenvalue weighted by molar-refractivity contribution is 0.0935. The zero-order chi connectivity index (χ0) is 15.2. The Morgan fingerprint density at radius 3 is 2.71 bits per heavy atom. The second kappa shape index (κ2) is 6.73. The maximum atomic E-state index is 12.0. The summed E-state index contributed by atoms with van der Waals surface area (Å²) in [5, 5.41) is 2.92. The number of hydrogen-bond acceptors (Lipinski definition) is 3. The van der Waals surface area contributed by atoms with E-state index >= 15 is 0 Å². The summed E-state index contributed by atoms with van der Waals surface area (Å²) in [6.45, 7) is 2.28. The van der Waals surface area contributed by atoms with Gasteiger partial charge in [0.2, 0.25) is 0 Å². The molecule has 1 unspecified atom stereocenters. The molecule has 0 aliphatic carbocycles. The molecular formula is C16H18N4O. The monoisotopic (exact) mass is 282 g/mol. The highest BCUT2D eigenvalue weighted by Gasteiger charge is 2.13. The molecule has 5 heteroatoms. The van der Waals surface area contributed by atoms with Crippen LogP contribution in [0.3, 0.4) is 0 Å². The number of rotatable bonds is 3. The van der Waals surface area contributed by atoms with Crippen molar-refractivity contribution in [3.63, 3.8) is 0 Å². The predicted molar refractivity (Wildman–Crippen MR) is 81.5 cm³/mol. The van der Waals surface area contributed by atoms with E-state index in [2.05, 4.69) is 22.1 Å². The Morgan fingerprint density at radius 2 is 2.14 bits per heavy atom. The first-order valence-electron chi connectivity index (χ1n) is 6.68. The van der Waals surface area contributed by atoms with Crippen molar-refractivity contribution in [2.75, 3.05) is 6.54 Å². The van der Waals surface area contributed by atoms with Gasteiger partial charge in [-0.15, -0.1) is 0 Å². The van der Waals surface area contributed by atoms with E-state index in [-0.39, 0.29) is 11.9 Å². The van der Waals surface area contributed by atoms with Gasteiger partial charge in [-0.2, -0.15) is 0 Å². The largest absolute Gasteiger partial charge is 0.344 e. The summed E-state index contributed by atoms with van der Waals surface area (Å²) in [6.07, 6.45) is 3.29. The lowest BCUT2D eigenvalue weighted by atomic mass is 10.1. The molecule has 0 aliphatic heterocycles. The molecule has 1 amide bonds. The first-order valence-corrected chi connectivity index (χ1v) is 6.68. The maximum Gasteiger partial charge on any atom is 0.271 e. The van der Waals surface area contributed by atoms with Gasteiger partial charge in [-0.1, -0.05) is 24.0 Å². The fourth-order valence-electron chi connectivity index (χ4n) is 1.89. The molecule has 2 aromatic rings. The summed E-state index contributed by atoms with van der Waals surface area (Å²) in [5.41, 5.74) is 7.67. The zero-order valence-electron chi connectivity index (χ0n) is 12.1. The second-order valence-electron chi connectivity index (χ2n) is 4.75. The van der Waals surface area contributed by atoms with Crippen molar-refractivity contribution in [3.8, 4) is 11.8 Å². The Labute approximate surface area is 124 Å². The highest BCUT2D eigenvalue weighted by molar-refractivity contribution is 5.92. The molecule has 1 atom stereocenters. The SMILES string of the molecule is CC(NC(=O)c1cn(C)cn1)c1ccc(C#CCN)cc1. The first kappa shape index (κ1) is 14.8. The topological polar surface area (TPSA) is 72.9 Å². The molecule has 2 rings (SSSR count). The van der Waals surface area contributed by atoms with Gasteiger partial charge in [0.05, 0.1) is 18.9 Å². The number of imidazole rings is 1. The Kier molecular flexibility index (Phi) is 4.75. The van der Waals surface area contributed by atoms with E-state index < -0.39 is 0 Å². The third-order valence-electron chi connectivity index (χ3n) is 3.03. The molecule has 0 saturated heterocycles. The summed E-state index contributed by atoms with van der Waals surface area (Å²) in [5.74, 6) is 5.59. The van der Waals surface area contributed by atoms with Gasteiger partial charge < -0.3 is 15.6 Å². The summed E-state index contributed by atoms with van der Waals surface area (Å²) < 4.78 is 1.74. The average Bonchev–Trinajstić information content (AvgIpc) is 2.92. The quantitative estimate of drug-likeness (QED) is 0.831. The van der Waals surface area contributed by atoms with Crippen LogP contribution in [0.5, 0.6) is 0 Å².